The first-order chi connectivity index (χ1) is 11.2. The van der Waals surface area contributed by atoms with E-state index in [4.69, 9.17) is 5.73 Å². The molecule has 1 aromatic rings. The molecule has 6 nitrogen and oxygen atoms in total. The highest BCUT2D eigenvalue weighted by Gasteiger charge is 2.35. The van der Waals surface area contributed by atoms with Crippen LogP contribution in [-0.2, 0) is 14.8 Å². The Morgan fingerprint density at radius 1 is 1.20 bits per heavy atom. The molecule has 0 saturated carbocycles. The van der Waals surface area contributed by atoms with Gasteiger partial charge < -0.3 is 10.8 Å². The van der Waals surface area contributed by atoms with Crippen LogP contribution in [0.2, 0.25) is 0 Å². The van der Waals surface area contributed by atoms with E-state index in [0.29, 0.717) is 19.4 Å². The number of carboxylic acid groups (broad SMARTS) is 1. The van der Waals surface area contributed by atoms with Gasteiger partial charge in [-0.25, -0.2) is 8.42 Å². The molecule has 1 rings (SSSR count). The fraction of sp³-hybridized carbons (Fsp3) is 0.588. The van der Waals surface area contributed by atoms with Gasteiger partial charge in [0, 0.05) is 6.54 Å². The van der Waals surface area contributed by atoms with Gasteiger partial charge in [-0.05, 0) is 50.8 Å². The lowest BCUT2D eigenvalue weighted by molar-refractivity contribution is -0.141. The quantitative estimate of drug-likeness (QED) is 0.596. The zero-order valence-corrected chi connectivity index (χ0v) is 16.6. The number of carboxylic acids is 1. The van der Waals surface area contributed by atoms with E-state index in [1.165, 1.54) is 12.1 Å². The molecule has 144 valence electrons. The molecule has 1 atom stereocenters. The van der Waals surface area contributed by atoms with Gasteiger partial charge in [0.15, 0.2) is 0 Å². The van der Waals surface area contributed by atoms with Crippen molar-refractivity contribution in [3.63, 3.8) is 0 Å². The van der Waals surface area contributed by atoms with Crippen LogP contribution in [0.1, 0.15) is 38.7 Å². The largest absolute Gasteiger partial charge is 0.480 e. The minimum absolute atomic E-state index is 0. The van der Waals surface area contributed by atoms with E-state index in [-0.39, 0.29) is 36.2 Å². The molecule has 0 saturated heterocycles. The maximum atomic E-state index is 13.0. The van der Waals surface area contributed by atoms with Gasteiger partial charge in [0.1, 0.15) is 6.04 Å². The van der Waals surface area contributed by atoms with Gasteiger partial charge in [-0.3, -0.25) is 4.79 Å². The van der Waals surface area contributed by atoms with Crippen LogP contribution >= 0.6 is 12.4 Å². The minimum Gasteiger partial charge on any atom is -0.480 e. The molecule has 8 heteroatoms. The normalized spacial score (nSPS) is 12.9. The van der Waals surface area contributed by atoms with Gasteiger partial charge in [-0.2, -0.15) is 4.31 Å². The Morgan fingerprint density at radius 2 is 1.76 bits per heavy atom. The fourth-order valence-corrected chi connectivity index (χ4v) is 4.25. The molecule has 0 fully saturated rings. The van der Waals surface area contributed by atoms with E-state index < -0.39 is 22.0 Å². The lowest BCUT2D eigenvalue weighted by Gasteiger charge is -2.29. The molecule has 0 radical (unpaired) electrons. The van der Waals surface area contributed by atoms with E-state index in [2.05, 4.69) is 0 Å². The van der Waals surface area contributed by atoms with Crippen molar-refractivity contribution < 1.29 is 18.3 Å². The topological polar surface area (TPSA) is 101 Å². The number of nitrogens with two attached hydrogens (primary N) is 1. The Balaban J connectivity index is 0.00000576. The monoisotopic (exact) mass is 392 g/mol. The summed E-state index contributed by atoms with van der Waals surface area (Å²) in [7, 11) is -3.87. The summed E-state index contributed by atoms with van der Waals surface area (Å²) in [4.78, 5) is 11.8. The molecule has 0 amide bonds. The van der Waals surface area contributed by atoms with Gasteiger partial charge in [-0.15, -0.1) is 12.4 Å². The van der Waals surface area contributed by atoms with Crippen LogP contribution in [0.3, 0.4) is 0 Å². The predicted molar refractivity (Wildman–Crippen MR) is 101 cm³/mol. The Kier molecular flexibility index (Phi) is 10.3. The number of hydrogen-bond donors (Lipinski definition) is 2. The third kappa shape index (κ3) is 6.93. The predicted octanol–water partition coefficient (Wildman–Crippen LogP) is 2.65. The zero-order chi connectivity index (χ0) is 18.3. The van der Waals surface area contributed by atoms with Crippen LogP contribution in [0, 0.1) is 12.8 Å². The summed E-state index contributed by atoms with van der Waals surface area (Å²) in [6.07, 6.45) is 1.50. The summed E-state index contributed by atoms with van der Waals surface area (Å²) in [5.74, 6) is -1.11. The Bertz CT molecular complexity index is 633. The van der Waals surface area contributed by atoms with Crippen molar-refractivity contribution in [1.82, 2.24) is 4.31 Å². The first-order valence-electron chi connectivity index (χ1n) is 8.21. The molecular formula is C17H29ClN2O4S. The van der Waals surface area contributed by atoms with Gasteiger partial charge in [0.2, 0.25) is 10.0 Å². The van der Waals surface area contributed by atoms with Gasteiger partial charge in [-0.1, -0.05) is 31.5 Å². The molecule has 0 aliphatic carbocycles. The highest BCUT2D eigenvalue weighted by Crippen LogP contribution is 2.23. The Labute approximate surface area is 156 Å². The van der Waals surface area contributed by atoms with Crippen molar-refractivity contribution in [2.75, 3.05) is 13.1 Å². The first kappa shape index (κ1) is 23.9. The lowest BCUT2D eigenvalue weighted by atomic mass is 10.1. The maximum Gasteiger partial charge on any atom is 0.322 e. The number of unbranched alkanes of at least 4 members (excludes halogenated alkanes) is 1. The first-order valence-corrected chi connectivity index (χ1v) is 9.65. The average Bonchev–Trinajstić information content (AvgIpc) is 2.49. The van der Waals surface area contributed by atoms with E-state index in [9.17, 15) is 18.3 Å². The van der Waals surface area contributed by atoms with E-state index in [0.717, 1.165) is 9.87 Å². The number of aliphatic carboxylic acids is 1. The molecule has 0 spiro atoms. The van der Waals surface area contributed by atoms with E-state index in [1.807, 2.05) is 20.8 Å². The second kappa shape index (κ2) is 10.8. The highest BCUT2D eigenvalue weighted by atomic mass is 35.5. The summed E-state index contributed by atoms with van der Waals surface area (Å²) in [5.41, 5.74) is 6.41. The second-order valence-electron chi connectivity index (χ2n) is 6.42. The van der Waals surface area contributed by atoms with Crippen LogP contribution in [0.25, 0.3) is 0 Å². The Hall–Kier alpha value is -1.15. The van der Waals surface area contributed by atoms with Gasteiger partial charge in [0.05, 0.1) is 4.90 Å². The van der Waals surface area contributed by atoms with Gasteiger partial charge in [0.25, 0.3) is 0 Å². The SMILES string of the molecule is Cc1ccc(S(=O)(=O)N(CC(C)C)[C@@H](CCCCN)C(=O)O)cc1.Cl. The number of aryl methyl sites for hydroxylation is 1. The smallest absolute Gasteiger partial charge is 0.322 e. The third-order valence-corrected chi connectivity index (χ3v) is 5.63. The van der Waals surface area contributed by atoms with E-state index >= 15 is 0 Å². The van der Waals surface area contributed by atoms with Crippen LogP contribution in [0.15, 0.2) is 29.2 Å². The third-order valence-electron chi connectivity index (χ3n) is 3.74. The van der Waals surface area contributed by atoms with Crippen LogP contribution in [0.5, 0.6) is 0 Å². The lowest BCUT2D eigenvalue weighted by Crippen LogP contribution is -2.46. The van der Waals surface area contributed by atoms with Crippen LogP contribution < -0.4 is 5.73 Å². The number of carbonyl (C=O) groups is 1. The highest BCUT2D eigenvalue weighted by molar-refractivity contribution is 7.89. The van der Waals surface area contributed by atoms with Crippen molar-refractivity contribution in [2.45, 2.75) is 51.0 Å². The number of sulfonamides is 1. The molecule has 0 aliphatic heterocycles. The summed E-state index contributed by atoms with van der Waals surface area (Å²) in [6.45, 7) is 6.24. The number of rotatable bonds is 10. The van der Waals surface area contributed by atoms with Crippen molar-refractivity contribution >= 4 is 28.4 Å². The molecule has 0 unspecified atom stereocenters. The number of hydrogen-bond acceptors (Lipinski definition) is 4. The van der Waals surface area contributed by atoms with Crippen molar-refractivity contribution in [1.29, 1.82) is 0 Å². The minimum atomic E-state index is -3.87. The molecule has 25 heavy (non-hydrogen) atoms. The van der Waals surface area contributed by atoms with Crippen molar-refractivity contribution in [2.24, 2.45) is 11.7 Å². The summed E-state index contributed by atoms with van der Waals surface area (Å²) >= 11 is 0. The summed E-state index contributed by atoms with van der Waals surface area (Å²) < 4.78 is 27.1. The summed E-state index contributed by atoms with van der Waals surface area (Å²) in [5, 5.41) is 9.57. The fourth-order valence-electron chi connectivity index (χ4n) is 2.47. The maximum absolute atomic E-state index is 13.0. The van der Waals surface area contributed by atoms with E-state index in [1.54, 1.807) is 12.1 Å². The molecule has 0 aliphatic rings. The molecule has 1 aromatic carbocycles. The molecule has 3 N–H and O–H groups in total. The Morgan fingerprint density at radius 3 is 2.20 bits per heavy atom. The second-order valence-corrected chi connectivity index (χ2v) is 8.31. The number of halogens is 1. The van der Waals surface area contributed by atoms with Crippen LogP contribution in [-0.4, -0.2) is 42.9 Å². The number of nitrogens with zero attached hydrogens (tertiary/aromatic N) is 1. The molecular weight excluding hydrogens is 364 g/mol. The molecule has 0 heterocycles. The standard InChI is InChI=1S/C17H28N2O4S.ClH/c1-13(2)12-19(16(17(20)21)6-4-5-11-18)24(22,23)15-9-7-14(3)8-10-15;/h7-10,13,16H,4-6,11-12,18H2,1-3H3,(H,20,21);1H/t16-;/m0./s1. The molecule has 0 bridgehead atoms. The van der Waals surface area contributed by atoms with Crippen LogP contribution in [0.4, 0.5) is 0 Å². The number of benzene rings is 1. The zero-order valence-electron chi connectivity index (χ0n) is 15.0. The summed E-state index contributed by atoms with van der Waals surface area (Å²) in [6, 6.07) is 5.40. The molecule has 0 aromatic heterocycles. The average molecular weight is 393 g/mol. The van der Waals surface area contributed by atoms with Crippen molar-refractivity contribution in [3.8, 4) is 0 Å². The van der Waals surface area contributed by atoms with Gasteiger partial charge >= 0.3 is 5.97 Å². The van der Waals surface area contributed by atoms with Crippen molar-refractivity contribution in [3.05, 3.63) is 29.8 Å².